The van der Waals surface area contributed by atoms with E-state index in [4.69, 9.17) is 5.73 Å². The van der Waals surface area contributed by atoms with Gasteiger partial charge in [0.05, 0.1) is 6.54 Å². The van der Waals surface area contributed by atoms with Crippen LogP contribution in [0, 0.1) is 0 Å². The second kappa shape index (κ2) is 4.29. The molecule has 0 aliphatic heterocycles. The summed E-state index contributed by atoms with van der Waals surface area (Å²) in [6.45, 7) is 0.578. The molecule has 2 aromatic heterocycles. The summed E-state index contributed by atoms with van der Waals surface area (Å²) in [6, 6.07) is 7.34. The molecule has 18 heavy (non-hydrogen) atoms. The fourth-order valence-corrected chi connectivity index (χ4v) is 2.58. The summed E-state index contributed by atoms with van der Waals surface area (Å²) in [7, 11) is 0. The van der Waals surface area contributed by atoms with E-state index in [0.29, 0.717) is 12.4 Å². The average molecular weight is 241 g/mol. The highest BCUT2D eigenvalue weighted by molar-refractivity contribution is 5.33. The number of hydrogen-bond donors (Lipinski definition) is 1. The molecule has 92 valence electrons. The van der Waals surface area contributed by atoms with Gasteiger partial charge in [0, 0.05) is 18.0 Å². The van der Waals surface area contributed by atoms with E-state index in [9.17, 15) is 4.79 Å². The van der Waals surface area contributed by atoms with Crippen molar-refractivity contribution in [1.29, 1.82) is 0 Å². The standard InChI is InChI=1S/C14H15N3O/c15-13-8-10(6-7-16-13)9-17-12-3-1-2-11(12)4-5-14(17)18/h4-8H,1-3,9H2,(H2,15,16). The van der Waals surface area contributed by atoms with Crippen LogP contribution >= 0.6 is 0 Å². The number of anilines is 1. The summed E-state index contributed by atoms with van der Waals surface area (Å²) in [6.07, 6.45) is 4.89. The molecule has 3 rings (SSSR count). The lowest BCUT2D eigenvalue weighted by Crippen LogP contribution is -2.23. The molecule has 0 saturated heterocycles. The lowest BCUT2D eigenvalue weighted by atomic mass is 10.2. The molecule has 2 heterocycles. The van der Waals surface area contributed by atoms with Gasteiger partial charge in [-0.05, 0) is 42.5 Å². The van der Waals surface area contributed by atoms with Gasteiger partial charge < -0.3 is 10.3 Å². The maximum absolute atomic E-state index is 12.0. The lowest BCUT2D eigenvalue weighted by Gasteiger charge is -2.12. The van der Waals surface area contributed by atoms with Gasteiger partial charge in [-0.25, -0.2) is 4.98 Å². The molecular weight excluding hydrogens is 226 g/mol. The number of aromatic nitrogens is 2. The third-order valence-corrected chi connectivity index (χ3v) is 3.44. The van der Waals surface area contributed by atoms with Crippen LogP contribution in [-0.4, -0.2) is 9.55 Å². The Labute approximate surface area is 105 Å². The highest BCUT2D eigenvalue weighted by Crippen LogP contribution is 2.20. The van der Waals surface area contributed by atoms with Crippen LogP contribution in [0.25, 0.3) is 0 Å². The highest BCUT2D eigenvalue weighted by Gasteiger charge is 2.15. The van der Waals surface area contributed by atoms with Crippen molar-refractivity contribution in [3.63, 3.8) is 0 Å². The number of pyridine rings is 2. The second-order valence-corrected chi connectivity index (χ2v) is 4.67. The van der Waals surface area contributed by atoms with Crippen molar-refractivity contribution < 1.29 is 0 Å². The zero-order valence-electron chi connectivity index (χ0n) is 10.1. The first-order chi connectivity index (χ1) is 8.74. The molecule has 1 aliphatic carbocycles. The topological polar surface area (TPSA) is 60.9 Å². The van der Waals surface area contributed by atoms with Crippen LogP contribution in [0.1, 0.15) is 23.2 Å². The van der Waals surface area contributed by atoms with E-state index in [-0.39, 0.29) is 5.56 Å². The van der Waals surface area contributed by atoms with Crippen molar-refractivity contribution in [2.45, 2.75) is 25.8 Å². The second-order valence-electron chi connectivity index (χ2n) is 4.67. The molecule has 0 bridgehead atoms. The van der Waals surface area contributed by atoms with Gasteiger partial charge in [-0.1, -0.05) is 6.07 Å². The van der Waals surface area contributed by atoms with Crippen LogP contribution in [0.15, 0.2) is 35.3 Å². The van der Waals surface area contributed by atoms with Gasteiger partial charge in [0.2, 0.25) is 0 Å². The quantitative estimate of drug-likeness (QED) is 0.863. The normalized spacial score (nSPS) is 13.6. The fourth-order valence-electron chi connectivity index (χ4n) is 2.58. The first-order valence-corrected chi connectivity index (χ1v) is 6.16. The van der Waals surface area contributed by atoms with E-state index >= 15 is 0 Å². The molecule has 0 radical (unpaired) electrons. The maximum Gasteiger partial charge on any atom is 0.251 e. The molecule has 0 unspecified atom stereocenters. The number of nitrogen functional groups attached to an aromatic ring is 1. The summed E-state index contributed by atoms with van der Waals surface area (Å²) in [5.41, 5.74) is 9.23. The van der Waals surface area contributed by atoms with E-state index in [0.717, 1.165) is 24.8 Å². The molecule has 0 fully saturated rings. The molecule has 0 spiro atoms. The number of aryl methyl sites for hydroxylation is 1. The monoisotopic (exact) mass is 241 g/mol. The SMILES string of the molecule is Nc1cc(Cn2c3c(ccc2=O)CCC3)ccn1. The van der Waals surface area contributed by atoms with Crippen molar-refractivity contribution in [2.75, 3.05) is 5.73 Å². The molecule has 2 N–H and O–H groups in total. The zero-order valence-corrected chi connectivity index (χ0v) is 10.1. The summed E-state index contributed by atoms with van der Waals surface area (Å²) < 4.78 is 1.86. The number of rotatable bonds is 2. The first kappa shape index (κ1) is 11.0. The molecule has 1 aliphatic rings. The Balaban J connectivity index is 2.03. The van der Waals surface area contributed by atoms with Gasteiger partial charge in [-0.15, -0.1) is 0 Å². The summed E-state index contributed by atoms with van der Waals surface area (Å²) in [5.74, 6) is 0.494. The number of nitrogens with zero attached hydrogens (tertiary/aromatic N) is 2. The van der Waals surface area contributed by atoms with Crippen molar-refractivity contribution in [3.05, 3.63) is 57.6 Å². The fraction of sp³-hybridized carbons (Fsp3) is 0.286. The Morgan fingerprint density at radius 2 is 2.17 bits per heavy atom. The summed E-state index contributed by atoms with van der Waals surface area (Å²) >= 11 is 0. The maximum atomic E-state index is 12.0. The van der Waals surface area contributed by atoms with Gasteiger partial charge in [-0.2, -0.15) is 0 Å². The molecule has 0 saturated carbocycles. The Hall–Kier alpha value is -2.10. The van der Waals surface area contributed by atoms with E-state index in [1.54, 1.807) is 12.3 Å². The van der Waals surface area contributed by atoms with Crippen LogP contribution in [0.5, 0.6) is 0 Å². The number of hydrogen-bond acceptors (Lipinski definition) is 3. The number of fused-ring (bicyclic) bond motifs is 1. The first-order valence-electron chi connectivity index (χ1n) is 6.16. The Kier molecular flexibility index (Phi) is 2.63. The average Bonchev–Trinajstić information content (AvgIpc) is 2.81. The van der Waals surface area contributed by atoms with Crippen molar-refractivity contribution >= 4 is 5.82 Å². The predicted molar refractivity (Wildman–Crippen MR) is 70.5 cm³/mol. The molecule has 0 aromatic carbocycles. The molecule has 4 heteroatoms. The van der Waals surface area contributed by atoms with Crippen molar-refractivity contribution in [2.24, 2.45) is 0 Å². The third-order valence-electron chi connectivity index (χ3n) is 3.44. The van der Waals surface area contributed by atoms with E-state index in [1.165, 1.54) is 11.3 Å². The predicted octanol–water partition coefficient (Wildman–Crippen LogP) is 1.36. The van der Waals surface area contributed by atoms with Crippen LogP contribution in [-0.2, 0) is 19.4 Å². The zero-order chi connectivity index (χ0) is 12.5. The Morgan fingerprint density at radius 1 is 1.28 bits per heavy atom. The molecule has 4 nitrogen and oxygen atoms in total. The third kappa shape index (κ3) is 1.90. The smallest absolute Gasteiger partial charge is 0.251 e. The van der Waals surface area contributed by atoms with Crippen LogP contribution < -0.4 is 11.3 Å². The summed E-state index contributed by atoms with van der Waals surface area (Å²) in [5, 5.41) is 0. The van der Waals surface area contributed by atoms with Crippen LogP contribution in [0.4, 0.5) is 5.82 Å². The lowest BCUT2D eigenvalue weighted by molar-refractivity contribution is 0.707. The highest BCUT2D eigenvalue weighted by atomic mass is 16.1. The van der Waals surface area contributed by atoms with E-state index in [1.807, 2.05) is 22.8 Å². The molecule has 0 atom stereocenters. The minimum absolute atomic E-state index is 0.0611. The molecular formula is C14H15N3O. The summed E-state index contributed by atoms with van der Waals surface area (Å²) in [4.78, 5) is 16.0. The van der Waals surface area contributed by atoms with Gasteiger partial charge in [0.1, 0.15) is 5.82 Å². The van der Waals surface area contributed by atoms with Gasteiger partial charge in [0.25, 0.3) is 5.56 Å². The van der Waals surface area contributed by atoms with Crippen molar-refractivity contribution in [1.82, 2.24) is 9.55 Å². The molecule has 0 amide bonds. The molecule has 2 aromatic rings. The minimum Gasteiger partial charge on any atom is -0.384 e. The van der Waals surface area contributed by atoms with Crippen molar-refractivity contribution in [3.8, 4) is 0 Å². The van der Waals surface area contributed by atoms with Crippen LogP contribution in [0.3, 0.4) is 0 Å². The van der Waals surface area contributed by atoms with Gasteiger partial charge in [0.15, 0.2) is 0 Å². The van der Waals surface area contributed by atoms with Gasteiger partial charge >= 0.3 is 0 Å². The minimum atomic E-state index is 0.0611. The Morgan fingerprint density at radius 3 is 3.00 bits per heavy atom. The largest absolute Gasteiger partial charge is 0.384 e. The van der Waals surface area contributed by atoms with Gasteiger partial charge in [-0.3, -0.25) is 4.79 Å². The Bertz CT molecular complexity index is 646. The van der Waals surface area contributed by atoms with Crippen LogP contribution in [0.2, 0.25) is 0 Å². The van der Waals surface area contributed by atoms with E-state index < -0.39 is 0 Å². The number of nitrogens with two attached hydrogens (primary N) is 1. The van der Waals surface area contributed by atoms with E-state index in [2.05, 4.69) is 4.98 Å².